The maximum atomic E-state index is 11.3. The fourth-order valence-electron chi connectivity index (χ4n) is 1.70. The van der Waals surface area contributed by atoms with Crippen molar-refractivity contribution in [2.45, 2.75) is 12.5 Å². The van der Waals surface area contributed by atoms with Crippen molar-refractivity contribution in [3.63, 3.8) is 0 Å². The van der Waals surface area contributed by atoms with Gasteiger partial charge in [-0.25, -0.2) is 4.79 Å². The van der Waals surface area contributed by atoms with Gasteiger partial charge in [-0.3, -0.25) is 9.78 Å². The maximum Gasteiger partial charge on any atom is 0.417 e. The van der Waals surface area contributed by atoms with Crippen LogP contribution in [0.5, 0.6) is 0 Å². The summed E-state index contributed by atoms with van der Waals surface area (Å²) >= 11 is 0. The van der Waals surface area contributed by atoms with E-state index in [-0.39, 0.29) is 6.54 Å². The number of hydrogen-bond donors (Lipinski definition) is 4. The van der Waals surface area contributed by atoms with Crippen molar-refractivity contribution in [2.75, 3.05) is 13.1 Å². The number of rotatable bonds is 5. The Morgan fingerprint density at radius 1 is 1.53 bits per heavy atom. The van der Waals surface area contributed by atoms with Crippen LogP contribution in [0.15, 0.2) is 27.4 Å². The van der Waals surface area contributed by atoms with E-state index < -0.39 is 17.8 Å². The van der Waals surface area contributed by atoms with Crippen LogP contribution in [0.4, 0.5) is 0 Å². The predicted molar refractivity (Wildman–Crippen MR) is 68.6 cm³/mol. The van der Waals surface area contributed by atoms with Gasteiger partial charge in [0, 0.05) is 13.1 Å². The quantitative estimate of drug-likeness (QED) is 0.558. The van der Waals surface area contributed by atoms with Crippen LogP contribution in [0, 0.1) is 0 Å². The van der Waals surface area contributed by atoms with Gasteiger partial charge in [0.25, 0.3) is 0 Å². The third-order valence-electron chi connectivity index (χ3n) is 2.72. The molecule has 5 N–H and O–H groups in total. The van der Waals surface area contributed by atoms with E-state index in [0.29, 0.717) is 24.1 Å². The van der Waals surface area contributed by atoms with Gasteiger partial charge in [0.2, 0.25) is 5.91 Å². The summed E-state index contributed by atoms with van der Waals surface area (Å²) in [6, 6.07) is 5.31. The van der Waals surface area contributed by atoms with Crippen LogP contribution >= 0.6 is 0 Å². The van der Waals surface area contributed by atoms with E-state index in [1.165, 1.54) is 0 Å². The second-order valence-electron chi connectivity index (χ2n) is 4.14. The molecule has 1 unspecified atom stereocenters. The highest BCUT2D eigenvalue weighted by atomic mass is 16.4. The lowest BCUT2D eigenvalue weighted by Gasteiger charge is -2.08. The normalized spacial score (nSPS) is 12.5. The summed E-state index contributed by atoms with van der Waals surface area (Å²) in [7, 11) is 0. The van der Waals surface area contributed by atoms with Crippen molar-refractivity contribution < 1.29 is 14.3 Å². The SMILES string of the molecule is NCC(O)C(=O)NCCc1ccc2[nH]c(=O)oc2c1. The molecule has 0 saturated carbocycles. The van der Waals surface area contributed by atoms with Gasteiger partial charge < -0.3 is 20.6 Å². The minimum atomic E-state index is -1.18. The molecule has 0 spiro atoms. The molecule has 0 bridgehead atoms. The fourth-order valence-corrected chi connectivity index (χ4v) is 1.70. The summed E-state index contributed by atoms with van der Waals surface area (Å²) in [5.41, 5.74) is 7.20. The summed E-state index contributed by atoms with van der Waals surface area (Å²) in [4.78, 5) is 24.8. The zero-order chi connectivity index (χ0) is 13.8. The molecule has 102 valence electrons. The predicted octanol–water partition coefficient (Wildman–Crippen LogP) is -0.901. The topological polar surface area (TPSA) is 121 Å². The number of carbonyl (C=O) groups is 1. The average molecular weight is 265 g/mol. The number of aromatic nitrogens is 1. The van der Waals surface area contributed by atoms with E-state index >= 15 is 0 Å². The molecule has 1 amide bonds. The molecule has 2 aromatic rings. The maximum absolute atomic E-state index is 11.3. The lowest BCUT2D eigenvalue weighted by molar-refractivity contribution is -0.128. The molecule has 1 atom stereocenters. The van der Waals surface area contributed by atoms with Crippen molar-refractivity contribution >= 4 is 17.0 Å². The summed E-state index contributed by atoms with van der Waals surface area (Å²) in [6.45, 7) is 0.266. The number of amides is 1. The third-order valence-corrected chi connectivity index (χ3v) is 2.72. The van der Waals surface area contributed by atoms with Gasteiger partial charge in [0.15, 0.2) is 5.58 Å². The standard InChI is InChI=1S/C12H15N3O4/c13-6-9(16)11(17)14-4-3-7-1-2-8-10(5-7)19-12(18)15-8/h1-2,5,9,16H,3-4,6,13H2,(H,14,17)(H,15,18). The molecule has 0 saturated heterocycles. The summed E-state index contributed by atoms with van der Waals surface area (Å²) in [5, 5.41) is 11.7. The lowest BCUT2D eigenvalue weighted by Crippen LogP contribution is -2.39. The molecule has 7 nitrogen and oxygen atoms in total. The molecule has 1 heterocycles. The molecule has 1 aromatic carbocycles. The Morgan fingerprint density at radius 3 is 3.05 bits per heavy atom. The Kier molecular flexibility index (Phi) is 3.98. The number of aliphatic hydroxyl groups excluding tert-OH is 1. The first-order valence-electron chi connectivity index (χ1n) is 5.88. The van der Waals surface area contributed by atoms with Crippen LogP contribution in [0.3, 0.4) is 0 Å². The van der Waals surface area contributed by atoms with E-state index in [1.54, 1.807) is 12.1 Å². The van der Waals surface area contributed by atoms with Crippen LogP contribution in [0.2, 0.25) is 0 Å². The average Bonchev–Trinajstić information content (AvgIpc) is 2.77. The number of fused-ring (bicyclic) bond motifs is 1. The number of carbonyl (C=O) groups excluding carboxylic acids is 1. The minimum absolute atomic E-state index is 0.105. The zero-order valence-corrected chi connectivity index (χ0v) is 10.2. The fraction of sp³-hybridized carbons (Fsp3) is 0.333. The molecule has 7 heteroatoms. The smallest absolute Gasteiger partial charge is 0.408 e. The number of H-pyrrole nitrogens is 1. The highest BCUT2D eigenvalue weighted by Crippen LogP contribution is 2.12. The Hall–Kier alpha value is -2.12. The Labute approximate surface area is 108 Å². The number of nitrogens with one attached hydrogen (secondary N) is 2. The van der Waals surface area contributed by atoms with E-state index in [0.717, 1.165) is 5.56 Å². The second-order valence-corrected chi connectivity index (χ2v) is 4.14. The number of oxazole rings is 1. The third kappa shape index (κ3) is 3.21. The largest absolute Gasteiger partial charge is 0.417 e. The minimum Gasteiger partial charge on any atom is -0.408 e. The van der Waals surface area contributed by atoms with Crippen molar-refractivity contribution in [1.82, 2.24) is 10.3 Å². The van der Waals surface area contributed by atoms with Crippen LogP contribution in [-0.2, 0) is 11.2 Å². The van der Waals surface area contributed by atoms with Crippen molar-refractivity contribution in [3.05, 3.63) is 34.3 Å². The van der Waals surface area contributed by atoms with Crippen LogP contribution < -0.4 is 16.8 Å². The summed E-state index contributed by atoms with van der Waals surface area (Å²) in [6.07, 6.45) is -0.612. The molecular formula is C12H15N3O4. The molecule has 0 radical (unpaired) electrons. The molecule has 0 aliphatic rings. The summed E-state index contributed by atoms with van der Waals surface area (Å²) < 4.78 is 4.94. The first-order valence-corrected chi connectivity index (χ1v) is 5.88. The van der Waals surface area contributed by atoms with Gasteiger partial charge in [0.05, 0.1) is 5.52 Å². The van der Waals surface area contributed by atoms with Gasteiger partial charge in [-0.15, -0.1) is 0 Å². The molecule has 0 fully saturated rings. The van der Waals surface area contributed by atoms with E-state index in [1.807, 2.05) is 6.07 Å². The number of aromatic amines is 1. The lowest BCUT2D eigenvalue weighted by atomic mass is 10.1. The monoisotopic (exact) mass is 265 g/mol. The first-order chi connectivity index (χ1) is 9.10. The Balaban J connectivity index is 1.94. The van der Waals surface area contributed by atoms with E-state index in [2.05, 4.69) is 10.3 Å². The molecule has 2 rings (SSSR count). The van der Waals surface area contributed by atoms with Gasteiger partial charge in [0.1, 0.15) is 6.10 Å². The van der Waals surface area contributed by atoms with Crippen molar-refractivity contribution in [3.8, 4) is 0 Å². The van der Waals surface area contributed by atoms with Crippen LogP contribution in [-0.4, -0.2) is 35.2 Å². The van der Waals surface area contributed by atoms with E-state index in [9.17, 15) is 14.7 Å². The number of nitrogens with two attached hydrogens (primary N) is 1. The van der Waals surface area contributed by atoms with Crippen LogP contribution in [0.1, 0.15) is 5.56 Å². The Morgan fingerprint density at radius 2 is 2.32 bits per heavy atom. The number of benzene rings is 1. The van der Waals surface area contributed by atoms with Crippen LogP contribution in [0.25, 0.3) is 11.1 Å². The van der Waals surface area contributed by atoms with Gasteiger partial charge in [-0.1, -0.05) is 6.07 Å². The number of hydrogen-bond acceptors (Lipinski definition) is 5. The number of aliphatic hydroxyl groups is 1. The first kappa shape index (κ1) is 13.3. The van der Waals surface area contributed by atoms with Crippen molar-refractivity contribution in [2.24, 2.45) is 5.73 Å². The zero-order valence-electron chi connectivity index (χ0n) is 10.2. The highest BCUT2D eigenvalue weighted by molar-refractivity contribution is 5.80. The molecule has 1 aromatic heterocycles. The van der Waals surface area contributed by atoms with Gasteiger partial charge in [-0.05, 0) is 24.1 Å². The molecular weight excluding hydrogens is 250 g/mol. The van der Waals surface area contributed by atoms with E-state index in [4.69, 9.17) is 10.2 Å². The van der Waals surface area contributed by atoms with Gasteiger partial charge >= 0.3 is 5.76 Å². The van der Waals surface area contributed by atoms with Crippen molar-refractivity contribution in [1.29, 1.82) is 0 Å². The molecule has 0 aliphatic carbocycles. The second kappa shape index (κ2) is 5.68. The van der Waals surface area contributed by atoms with Gasteiger partial charge in [-0.2, -0.15) is 0 Å². The molecule has 0 aliphatic heterocycles. The Bertz CT molecular complexity index is 631. The highest BCUT2D eigenvalue weighted by Gasteiger charge is 2.11. The summed E-state index contributed by atoms with van der Waals surface area (Å²) in [5.74, 6) is -0.983. The molecule has 19 heavy (non-hydrogen) atoms.